The Morgan fingerprint density at radius 1 is 1.21 bits per heavy atom. The van der Waals surface area contributed by atoms with Gasteiger partial charge in [0.25, 0.3) is 5.91 Å². The highest BCUT2D eigenvalue weighted by atomic mass is 19.1. The number of nitrogens with zero attached hydrogens (tertiary/aromatic N) is 3. The molecule has 24 heavy (non-hydrogen) atoms. The minimum absolute atomic E-state index is 0.298. The van der Waals surface area contributed by atoms with Crippen molar-refractivity contribution in [3.8, 4) is 5.69 Å². The molecule has 0 aliphatic carbocycles. The van der Waals surface area contributed by atoms with Crippen LogP contribution in [0.25, 0.3) is 5.69 Å². The summed E-state index contributed by atoms with van der Waals surface area (Å²) in [5, 5.41) is 11.3. The van der Waals surface area contributed by atoms with Crippen molar-refractivity contribution in [1.82, 2.24) is 20.3 Å². The van der Waals surface area contributed by atoms with Crippen LogP contribution in [0.4, 0.5) is 4.39 Å². The molecule has 5 nitrogen and oxygen atoms in total. The van der Waals surface area contributed by atoms with Gasteiger partial charge in [0.2, 0.25) is 0 Å². The summed E-state index contributed by atoms with van der Waals surface area (Å²) >= 11 is 0. The first-order chi connectivity index (χ1) is 11.6. The predicted molar refractivity (Wildman–Crippen MR) is 88.5 cm³/mol. The molecule has 1 aromatic heterocycles. The minimum atomic E-state index is -0.411. The van der Waals surface area contributed by atoms with Crippen LogP contribution in [-0.2, 0) is 6.42 Å². The van der Waals surface area contributed by atoms with Gasteiger partial charge in [-0.05, 0) is 42.8 Å². The van der Waals surface area contributed by atoms with E-state index in [1.807, 2.05) is 30.3 Å². The number of rotatable bonds is 5. The van der Waals surface area contributed by atoms with Gasteiger partial charge in [0.05, 0.1) is 17.6 Å². The van der Waals surface area contributed by atoms with Crippen molar-refractivity contribution >= 4 is 5.91 Å². The first-order valence-electron chi connectivity index (χ1n) is 7.64. The Morgan fingerprint density at radius 2 is 2.00 bits per heavy atom. The number of amides is 1. The number of carbonyl (C=O) groups is 1. The van der Waals surface area contributed by atoms with Gasteiger partial charge in [-0.3, -0.25) is 4.79 Å². The lowest BCUT2D eigenvalue weighted by atomic mass is 10.1. The smallest absolute Gasteiger partial charge is 0.251 e. The van der Waals surface area contributed by atoms with E-state index in [0.717, 1.165) is 11.4 Å². The average Bonchev–Trinajstić information content (AvgIpc) is 3.03. The Morgan fingerprint density at radius 3 is 2.75 bits per heavy atom. The maximum absolute atomic E-state index is 13.3. The second kappa shape index (κ2) is 7.04. The average molecular weight is 324 g/mol. The molecule has 1 amide bonds. The predicted octanol–water partition coefficient (Wildman–Crippen LogP) is 2.69. The Kier molecular flexibility index (Phi) is 4.65. The van der Waals surface area contributed by atoms with Gasteiger partial charge in [-0.2, -0.15) is 15.0 Å². The first-order valence-corrected chi connectivity index (χ1v) is 7.64. The molecule has 6 heteroatoms. The van der Waals surface area contributed by atoms with Crippen molar-refractivity contribution in [2.45, 2.75) is 13.3 Å². The van der Waals surface area contributed by atoms with E-state index in [9.17, 15) is 9.18 Å². The molecule has 0 saturated heterocycles. The number of benzene rings is 2. The van der Waals surface area contributed by atoms with Crippen LogP contribution in [0.3, 0.4) is 0 Å². The molecular formula is C18H17FN4O. The summed E-state index contributed by atoms with van der Waals surface area (Å²) in [6, 6.07) is 13.9. The van der Waals surface area contributed by atoms with Gasteiger partial charge in [0.1, 0.15) is 5.82 Å². The highest BCUT2D eigenvalue weighted by Crippen LogP contribution is 2.08. The van der Waals surface area contributed by atoms with E-state index in [0.29, 0.717) is 24.1 Å². The molecule has 0 radical (unpaired) electrons. The monoisotopic (exact) mass is 324 g/mol. The number of hydrogen-bond donors (Lipinski definition) is 1. The van der Waals surface area contributed by atoms with Gasteiger partial charge in [0, 0.05) is 18.5 Å². The van der Waals surface area contributed by atoms with Gasteiger partial charge >= 0.3 is 0 Å². The van der Waals surface area contributed by atoms with Gasteiger partial charge < -0.3 is 5.32 Å². The summed E-state index contributed by atoms with van der Waals surface area (Å²) in [6.45, 7) is 2.16. The number of nitrogens with one attached hydrogen (secondary N) is 1. The maximum atomic E-state index is 13.3. The Bertz CT molecular complexity index is 825. The van der Waals surface area contributed by atoms with Crippen LogP contribution in [0.1, 0.15) is 21.6 Å². The van der Waals surface area contributed by atoms with Crippen molar-refractivity contribution in [2.75, 3.05) is 6.54 Å². The second-order valence-corrected chi connectivity index (χ2v) is 5.48. The maximum Gasteiger partial charge on any atom is 0.251 e. The molecular weight excluding hydrogens is 307 g/mol. The van der Waals surface area contributed by atoms with Crippen LogP contribution in [0.2, 0.25) is 0 Å². The molecule has 122 valence electrons. The van der Waals surface area contributed by atoms with Crippen LogP contribution in [0.15, 0.2) is 54.7 Å². The van der Waals surface area contributed by atoms with E-state index < -0.39 is 5.82 Å². The van der Waals surface area contributed by atoms with E-state index in [2.05, 4.69) is 15.5 Å². The summed E-state index contributed by atoms with van der Waals surface area (Å²) in [6.07, 6.45) is 2.22. The molecule has 0 spiro atoms. The standard InChI is InChI=1S/C18H17FN4O/c1-13-9-14(11-15(19)10-13)18(24)20-8-7-16-12-21-23(22-16)17-5-3-2-4-6-17/h2-6,9-12H,7-8H2,1H3,(H,20,24). The first kappa shape index (κ1) is 15.9. The van der Waals surface area contributed by atoms with E-state index in [1.165, 1.54) is 12.1 Å². The summed E-state index contributed by atoms with van der Waals surface area (Å²) in [4.78, 5) is 13.6. The molecule has 0 fully saturated rings. The quantitative estimate of drug-likeness (QED) is 0.785. The molecule has 0 unspecified atom stereocenters. The minimum Gasteiger partial charge on any atom is -0.352 e. The van der Waals surface area contributed by atoms with Crippen molar-refractivity contribution < 1.29 is 9.18 Å². The van der Waals surface area contributed by atoms with E-state index >= 15 is 0 Å². The Balaban J connectivity index is 1.57. The second-order valence-electron chi connectivity index (χ2n) is 5.48. The summed E-state index contributed by atoms with van der Waals surface area (Å²) in [5.41, 5.74) is 2.68. The molecule has 1 heterocycles. The zero-order valence-electron chi connectivity index (χ0n) is 13.2. The fraction of sp³-hybridized carbons (Fsp3) is 0.167. The topological polar surface area (TPSA) is 59.8 Å². The van der Waals surface area contributed by atoms with E-state index in [-0.39, 0.29) is 5.91 Å². The van der Waals surface area contributed by atoms with Gasteiger partial charge in [-0.25, -0.2) is 4.39 Å². The SMILES string of the molecule is Cc1cc(F)cc(C(=O)NCCc2cnn(-c3ccccc3)n2)c1. The highest BCUT2D eigenvalue weighted by Gasteiger charge is 2.08. The normalized spacial score (nSPS) is 10.6. The molecule has 0 aliphatic rings. The third kappa shape index (κ3) is 3.84. The molecule has 2 aromatic carbocycles. The number of hydrogen-bond acceptors (Lipinski definition) is 3. The van der Waals surface area contributed by atoms with E-state index in [4.69, 9.17) is 0 Å². The van der Waals surface area contributed by atoms with Gasteiger partial charge in [-0.1, -0.05) is 18.2 Å². The third-order valence-electron chi connectivity index (χ3n) is 3.50. The van der Waals surface area contributed by atoms with Gasteiger partial charge in [-0.15, -0.1) is 0 Å². The molecule has 0 saturated carbocycles. The number of carbonyl (C=O) groups excluding carboxylic acids is 1. The van der Waals surface area contributed by atoms with Crippen molar-refractivity contribution in [1.29, 1.82) is 0 Å². The van der Waals surface area contributed by atoms with Crippen LogP contribution in [-0.4, -0.2) is 27.4 Å². The summed E-state index contributed by atoms with van der Waals surface area (Å²) in [5.74, 6) is -0.709. The van der Waals surface area contributed by atoms with E-state index in [1.54, 1.807) is 24.0 Å². The van der Waals surface area contributed by atoms with Crippen LogP contribution >= 0.6 is 0 Å². The largest absolute Gasteiger partial charge is 0.352 e. The number of para-hydroxylation sites is 1. The zero-order chi connectivity index (χ0) is 16.9. The van der Waals surface area contributed by atoms with Crippen LogP contribution in [0, 0.1) is 12.7 Å². The molecule has 0 atom stereocenters. The number of aromatic nitrogens is 3. The lowest BCUT2D eigenvalue weighted by molar-refractivity contribution is 0.0953. The molecule has 3 rings (SSSR count). The fourth-order valence-electron chi connectivity index (χ4n) is 2.37. The highest BCUT2D eigenvalue weighted by molar-refractivity contribution is 5.94. The number of aryl methyl sites for hydroxylation is 1. The number of halogens is 1. The summed E-state index contributed by atoms with van der Waals surface area (Å²) in [7, 11) is 0. The van der Waals surface area contributed by atoms with Crippen LogP contribution < -0.4 is 5.32 Å². The van der Waals surface area contributed by atoms with Crippen molar-refractivity contribution in [3.63, 3.8) is 0 Å². The third-order valence-corrected chi connectivity index (χ3v) is 3.50. The Hall–Kier alpha value is -3.02. The summed E-state index contributed by atoms with van der Waals surface area (Å²) < 4.78 is 13.3. The lowest BCUT2D eigenvalue weighted by Gasteiger charge is -2.05. The Labute approximate surface area is 139 Å². The zero-order valence-corrected chi connectivity index (χ0v) is 13.2. The molecule has 0 bridgehead atoms. The molecule has 0 aliphatic heterocycles. The van der Waals surface area contributed by atoms with Crippen molar-refractivity contribution in [3.05, 3.63) is 77.4 Å². The van der Waals surface area contributed by atoms with Crippen LogP contribution in [0.5, 0.6) is 0 Å². The molecule has 1 N–H and O–H groups in total. The van der Waals surface area contributed by atoms with Crippen molar-refractivity contribution in [2.24, 2.45) is 0 Å². The van der Waals surface area contributed by atoms with Gasteiger partial charge in [0.15, 0.2) is 0 Å². The fourth-order valence-corrected chi connectivity index (χ4v) is 2.37. The molecule has 3 aromatic rings. The lowest BCUT2D eigenvalue weighted by Crippen LogP contribution is -2.26.